The van der Waals surface area contributed by atoms with Crippen LogP contribution in [0.1, 0.15) is 27.2 Å². The highest BCUT2D eigenvalue weighted by molar-refractivity contribution is 6.31. The second-order valence-corrected chi connectivity index (χ2v) is 8.93. The topological polar surface area (TPSA) is 91.1 Å². The second kappa shape index (κ2) is 7.80. The molecule has 7 nitrogen and oxygen atoms in total. The third-order valence-electron chi connectivity index (χ3n) is 6.75. The summed E-state index contributed by atoms with van der Waals surface area (Å²) in [5.41, 5.74) is -0.186. The number of fused-ring (bicyclic) bond motifs is 5. The molecule has 0 saturated heterocycles. The van der Waals surface area contributed by atoms with E-state index in [0.717, 1.165) is 5.56 Å². The summed E-state index contributed by atoms with van der Waals surface area (Å²) in [4.78, 5) is 44.7. The molecule has 35 heavy (non-hydrogen) atoms. The largest absolute Gasteiger partial charge is 0.450 e. The number of benzene rings is 3. The van der Waals surface area contributed by atoms with Gasteiger partial charge in [0.05, 0.1) is 29.8 Å². The van der Waals surface area contributed by atoms with Gasteiger partial charge in [-0.3, -0.25) is 14.4 Å². The van der Waals surface area contributed by atoms with Gasteiger partial charge in [0.2, 0.25) is 5.76 Å². The van der Waals surface area contributed by atoms with Gasteiger partial charge in [-0.1, -0.05) is 60.1 Å². The van der Waals surface area contributed by atoms with Crippen molar-refractivity contribution in [2.75, 3.05) is 18.1 Å². The number of carbonyl (C=O) groups is 2. The van der Waals surface area contributed by atoms with E-state index >= 15 is 0 Å². The van der Waals surface area contributed by atoms with Crippen LogP contribution in [0.4, 0.5) is 5.69 Å². The summed E-state index contributed by atoms with van der Waals surface area (Å²) in [6.07, 6.45) is 0. The Kier molecular flexibility index (Phi) is 4.81. The second-order valence-electron chi connectivity index (χ2n) is 8.52. The number of rotatable bonds is 4. The maximum absolute atomic E-state index is 14.4. The lowest BCUT2D eigenvalue weighted by Crippen LogP contribution is -2.54. The minimum absolute atomic E-state index is 0.0197. The Morgan fingerprint density at radius 2 is 1.63 bits per heavy atom. The van der Waals surface area contributed by atoms with E-state index in [1.165, 1.54) is 9.80 Å². The van der Waals surface area contributed by atoms with E-state index in [0.29, 0.717) is 16.3 Å². The number of β-amino-alcohol motifs (C(OH)–C–C–N with tert-alkyl or cyclic N) is 1. The molecule has 4 aromatic rings. The van der Waals surface area contributed by atoms with Crippen LogP contribution in [0.2, 0.25) is 5.02 Å². The Labute approximate surface area is 204 Å². The Bertz CT molecular complexity index is 1600. The Balaban J connectivity index is 1.66. The number of para-hydroxylation sites is 2. The molecule has 1 aromatic heterocycles. The molecule has 1 unspecified atom stereocenters. The predicted octanol–water partition coefficient (Wildman–Crippen LogP) is 3.68. The third-order valence-corrected chi connectivity index (χ3v) is 7.12. The lowest BCUT2D eigenvalue weighted by atomic mass is 9.84. The molecule has 2 aliphatic heterocycles. The summed E-state index contributed by atoms with van der Waals surface area (Å²) in [6, 6.07) is 20.9. The molecule has 0 radical (unpaired) electrons. The molecule has 2 amide bonds. The average molecular weight is 487 g/mol. The van der Waals surface area contributed by atoms with Crippen LogP contribution in [0, 0.1) is 0 Å². The third kappa shape index (κ3) is 2.79. The van der Waals surface area contributed by atoms with Crippen LogP contribution in [-0.2, 0) is 16.9 Å². The first-order valence-electron chi connectivity index (χ1n) is 11.1. The molecule has 6 rings (SSSR count). The monoisotopic (exact) mass is 486 g/mol. The first-order chi connectivity index (χ1) is 17.0. The van der Waals surface area contributed by atoms with Gasteiger partial charge in [-0.05, 0) is 29.8 Å². The summed E-state index contributed by atoms with van der Waals surface area (Å²) in [5, 5.41) is 10.6. The van der Waals surface area contributed by atoms with E-state index in [9.17, 15) is 19.5 Å². The molecule has 174 valence electrons. The summed E-state index contributed by atoms with van der Waals surface area (Å²) in [5.74, 6) is -1.26. The molecule has 0 fully saturated rings. The van der Waals surface area contributed by atoms with Gasteiger partial charge in [0.1, 0.15) is 5.58 Å². The maximum Gasteiger partial charge on any atom is 0.291 e. The Morgan fingerprint density at radius 1 is 0.914 bits per heavy atom. The van der Waals surface area contributed by atoms with Crippen LogP contribution in [0.3, 0.4) is 0 Å². The molecule has 3 aromatic carbocycles. The van der Waals surface area contributed by atoms with E-state index < -0.39 is 29.4 Å². The van der Waals surface area contributed by atoms with Crippen LogP contribution in [-0.4, -0.2) is 35.0 Å². The molecule has 3 heterocycles. The molecule has 0 aliphatic carbocycles. The van der Waals surface area contributed by atoms with Gasteiger partial charge in [0.15, 0.2) is 11.0 Å². The van der Waals surface area contributed by atoms with Crippen LogP contribution < -0.4 is 10.3 Å². The van der Waals surface area contributed by atoms with E-state index in [1.54, 1.807) is 60.7 Å². The zero-order chi connectivity index (χ0) is 24.3. The van der Waals surface area contributed by atoms with Crippen LogP contribution >= 0.6 is 11.6 Å². The van der Waals surface area contributed by atoms with Gasteiger partial charge >= 0.3 is 0 Å². The Morgan fingerprint density at radius 3 is 2.43 bits per heavy atom. The van der Waals surface area contributed by atoms with Crippen LogP contribution in [0.15, 0.2) is 82.0 Å². The van der Waals surface area contributed by atoms with Crippen molar-refractivity contribution in [3.8, 4) is 0 Å². The van der Waals surface area contributed by atoms with Gasteiger partial charge in [0, 0.05) is 17.1 Å². The van der Waals surface area contributed by atoms with Gasteiger partial charge in [-0.2, -0.15) is 0 Å². The molecular weight excluding hydrogens is 468 g/mol. The fourth-order valence-corrected chi connectivity index (χ4v) is 5.49. The number of anilines is 1. The van der Waals surface area contributed by atoms with Gasteiger partial charge in [0.25, 0.3) is 11.8 Å². The predicted molar refractivity (Wildman–Crippen MR) is 130 cm³/mol. The van der Waals surface area contributed by atoms with Crippen molar-refractivity contribution in [3.63, 3.8) is 0 Å². The average Bonchev–Trinajstić information content (AvgIpc) is 3.26. The highest BCUT2D eigenvalue weighted by atomic mass is 35.5. The number of nitrogens with zero attached hydrogens (tertiary/aromatic N) is 2. The van der Waals surface area contributed by atoms with E-state index in [1.807, 2.05) is 12.1 Å². The summed E-state index contributed by atoms with van der Waals surface area (Å²) in [7, 11) is 0. The number of amides is 2. The summed E-state index contributed by atoms with van der Waals surface area (Å²) >= 11 is 6.40. The van der Waals surface area contributed by atoms with Crippen molar-refractivity contribution in [2.45, 2.75) is 12.1 Å². The quantitative estimate of drug-likeness (QED) is 0.475. The number of halogens is 1. The fourth-order valence-electron chi connectivity index (χ4n) is 5.29. The van der Waals surface area contributed by atoms with Gasteiger partial charge in [-0.25, -0.2) is 0 Å². The molecule has 0 saturated carbocycles. The molecule has 2 aliphatic rings. The number of hydrogen-bond acceptors (Lipinski definition) is 5. The normalized spacial score (nSPS) is 18.6. The zero-order valence-electron chi connectivity index (χ0n) is 18.4. The van der Waals surface area contributed by atoms with Gasteiger partial charge in [-0.15, -0.1) is 0 Å². The minimum Gasteiger partial charge on any atom is -0.450 e. The Hall–Kier alpha value is -3.94. The standard InChI is InChI=1S/C27H19ClN2O5/c28-19-10-4-1-7-16(19)15-29-20-11-5-3-9-18(20)27(26(29)34)22-23(32)17-8-2-6-12-21(17)35-24(22)25(33)30(27)13-14-31/h1-12,31H,13-15H2. The molecule has 1 spiro atoms. The molecule has 8 heteroatoms. The van der Waals surface area contributed by atoms with Crippen molar-refractivity contribution in [1.29, 1.82) is 0 Å². The highest BCUT2D eigenvalue weighted by Crippen LogP contribution is 2.52. The van der Waals surface area contributed by atoms with Crippen LogP contribution in [0.25, 0.3) is 11.0 Å². The zero-order valence-corrected chi connectivity index (χ0v) is 19.2. The highest BCUT2D eigenvalue weighted by Gasteiger charge is 2.64. The number of aliphatic hydroxyl groups excluding tert-OH is 1. The van der Waals surface area contributed by atoms with E-state index in [2.05, 4.69) is 0 Å². The van der Waals surface area contributed by atoms with Crippen molar-refractivity contribution >= 4 is 40.1 Å². The van der Waals surface area contributed by atoms with Crippen LogP contribution in [0.5, 0.6) is 0 Å². The van der Waals surface area contributed by atoms with Crippen molar-refractivity contribution in [1.82, 2.24) is 4.90 Å². The number of hydrogen-bond donors (Lipinski definition) is 1. The SMILES string of the molecule is O=C1c2oc3ccccc3c(=O)c2C2(C(=O)N(Cc3ccccc3Cl)c3ccccc32)N1CCO. The van der Waals surface area contributed by atoms with Gasteiger partial charge < -0.3 is 19.3 Å². The molecular formula is C27H19ClN2O5. The summed E-state index contributed by atoms with van der Waals surface area (Å²) in [6.45, 7) is -0.402. The van der Waals surface area contributed by atoms with Crippen molar-refractivity contribution in [3.05, 3.63) is 110 Å². The lowest BCUT2D eigenvalue weighted by molar-refractivity contribution is -0.126. The number of carbonyl (C=O) groups excluding carboxylic acids is 2. The van der Waals surface area contributed by atoms with Crippen molar-refractivity contribution < 1.29 is 19.1 Å². The minimum atomic E-state index is -1.75. The number of aliphatic hydroxyl groups is 1. The lowest BCUT2D eigenvalue weighted by Gasteiger charge is -2.33. The molecule has 0 bridgehead atoms. The van der Waals surface area contributed by atoms with E-state index in [-0.39, 0.29) is 35.4 Å². The fraction of sp³-hybridized carbons (Fsp3) is 0.148. The first kappa shape index (κ1) is 21.6. The molecule has 1 N–H and O–H groups in total. The molecule has 1 atom stereocenters. The van der Waals surface area contributed by atoms with E-state index in [4.69, 9.17) is 16.0 Å². The summed E-state index contributed by atoms with van der Waals surface area (Å²) < 4.78 is 5.93. The smallest absolute Gasteiger partial charge is 0.291 e. The van der Waals surface area contributed by atoms with Crippen molar-refractivity contribution in [2.24, 2.45) is 0 Å². The first-order valence-corrected chi connectivity index (χ1v) is 11.5. The maximum atomic E-state index is 14.4.